The minimum atomic E-state index is -4.64. The Morgan fingerprint density at radius 2 is 0.620 bits per heavy atom. The van der Waals surface area contributed by atoms with E-state index in [2.05, 4.69) is 98.9 Å². The first kappa shape index (κ1) is 89.2. The Hall–Kier alpha value is -2.81. The Labute approximate surface area is 571 Å². The van der Waals surface area contributed by atoms with Crippen molar-refractivity contribution in [1.29, 1.82) is 0 Å². The first-order valence-electron chi connectivity index (χ1n) is 39.3. The van der Waals surface area contributed by atoms with Crippen molar-refractivity contribution < 1.29 is 42.1 Å². The number of carbonyl (C=O) groups excluding carboxylic acids is 2. The van der Waals surface area contributed by atoms with Gasteiger partial charge in [0.05, 0.1) is 27.7 Å². The highest BCUT2D eigenvalue weighted by atomic mass is 31.2. The van der Waals surface area contributed by atoms with Gasteiger partial charge in [-0.1, -0.05) is 356 Å². The Bertz CT molecular complexity index is 1830. The Balaban J connectivity index is 3.94. The number of allylic oxidation sites excluding steroid dienone is 14. The zero-order chi connectivity index (χ0) is 66.9. The van der Waals surface area contributed by atoms with E-state index in [-0.39, 0.29) is 32.0 Å². The average Bonchev–Trinajstić information content (AvgIpc) is 2.14. The number of nitrogens with zero attached hydrogens (tertiary/aromatic N) is 1. The van der Waals surface area contributed by atoms with E-state index in [9.17, 15) is 19.0 Å². The van der Waals surface area contributed by atoms with Gasteiger partial charge >= 0.3 is 11.9 Å². The number of carbonyl (C=O) groups is 2. The van der Waals surface area contributed by atoms with Crippen molar-refractivity contribution in [2.45, 2.75) is 380 Å². The number of hydrogen-bond acceptors (Lipinski definition) is 8. The smallest absolute Gasteiger partial charge is 0.306 e. The van der Waals surface area contributed by atoms with Gasteiger partial charge in [0.25, 0.3) is 7.82 Å². The van der Waals surface area contributed by atoms with Crippen molar-refractivity contribution in [1.82, 2.24) is 0 Å². The summed E-state index contributed by atoms with van der Waals surface area (Å²) in [5, 5.41) is 0. The van der Waals surface area contributed by atoms with Crippen molar-refractivity contribution in [3.05, 3.63) is 85.1 Å². The lowest BCUT2D eigenvalue weighted by Crippen LogP contribution is -2.37. The van der Waals surface area contributed by atoms with Crippen molar-refractivity contribution >= 4 is 19.8 Å². The monoisotopic (exact) mass is 1310 g/mol. The van der Waals surface area contributed by atoms with Crippen LogP contribution in [0.2, 0.25) is 0 Å². The molecule has 0 aromatic rings. The molecule has 0 spiro atoms. The molecule has 0 bridgehead atoms. The molecule has 0 aliphatic carbocycles. The van der Waals surface area contributed by atoms with Crippen LogP contribution in [-0.2, 0) is 32.7 Å². The number of phosphoric acid groups is 1. The summed E-state index contributed by atoms with van der Waals surface area (Å²) in [7, 11) is 1.18. The molecule has 0 radical (unpaired) electrons. The number of ether oxygens (including phenoxy) is 2. The second kappa shape index (κ2) is 72.5. The third kappa shape index (κ3) is 76.2. The molecule has 0 N–H and O–H groups in total. The predicted octanol–water partition coefficient (Wildman–Crippen LogP) is 25.4. The summed E-state index contributed by atoms with van der Waals surface area (Å²) in [5.41, 5.74) is 0. The van der Waals surface area contributed by atoms with Crippen LogP contribution in [0.25, 0.3) is 0 Å². The first-order valence-corrected chi connectivity index (χ1v) is 40.8. The highest BCUT2D eigenvalue weighted by Crippen LogP contribution is 2.38. The minimum absolute atomic E-state index is 0.0299. The molecule has 0 rings (SSSR count). The van der Waals surface area contributed by atoms with E-state index in [0.717, 1.165) is 77.0 Å². The number of hydrogen-bond donors (Lipinski definition) is 0. The summed E-state index contributed by atoms with van der Waals surface area (Å²) in [4.78, 5) is 38.2. The summed E-state index contributed by atoms with van der Waals surface area (Å²) in [5.74, 6) is -0.814. The summed E-state index contributed by atoms with van der Waals surface area (Å²) in [6.45, 7) is 4.18. The standard InChI is InChI=1S/C82H150NO8P/c1-6-8-10-12-14-16-18-20-22-24-26-28-30-32-34-36-37-38-39-40-41-42-43-44-45-47-49-51-53-55-57-59-61-63-65-67-69-71-73-75-82(85)91-80(79-90-92(86,87)89-77-76-83(3,4)5)78-88-81(84)74-72-70-68-66-64-62-60-58-56-54-52-50-48-46-35-33-31-29-27-25-23-21-19-17-15-13-11-9-7-2/h8,10,14,16,20,22,25-28,32,34,37-38,80H,6-7,9,11-13,15,17-19,21,23-24,29-31,33,35-36,39-79H2,1-5H3/b10-8-,16-14-,22-20-,27-25-,28-26-,34-32-,38-37-. The molecule has 0 amide bonds. The van der Waals surface area contributed by atoms with Crippen molar-refractivity contribution in [3.63, 3.8) is 0 Å². The molecule has 0 heterocycles. The predicted molar refractivity (Wildman–Crippen MR) is 397 cm³/mol. The third-order valence-corrected chi connectivity index (χ3v) is 18.4. The van der Waals surface area contributed by atoms with Crippen molar-refractivity contribution in [2.75, 3.05) is 47.5 Å². The van der Waals surface area contributed by atoms with Gasteiger partial charge in [-0.2, -0.15) is 0 Å². The highest BCUT2D eigenvalue weighted by Gasteiger charge is 2.22. The van der Waals surface area contributed by atoms with Gasteiger partial charge in [0.15, 0.2) is 6.10 Å². The van der Waals surface area contributed by atoms with Gasteiger partial charge in [-0.25, -0.2) is 0 Å². The van der Waals surface area contributed by atoms with Crippen LogP contribution in [-0.4, -0.2) is 70.0 Å². The van der Waals surface area contributed by atoms with Gasteiger partial charge in [-0.3, -0.25) is 14.2 Å². The van der Waals surface area contributed by atoms with E-state index in [0.29, 0.717) is 17.4 Å². The Kier molecular flexibility index (Phi) is 70.2. The SMILES string of the molecule is CC/C=C\C/C=C\C/C=C\C/C=C\C/C=C\C/C=C\CCCCCCCCCCCCCCCCCCCCCCC(=O)OC(COC(=O)CCCCCCCCCCCCCCCCCCC/C=C\CCCCCCCCCC)COP(=O)([O-])OCC[N+](C)(C)C. The van der Waals surface area contributed by atoms with Gasteiger partial charge in [0.2, 0.25) is 0 Å². The minimum Gasteiger partial charge on any atom is -0.756 e. The second-order valence-corrected chi connectivity index (χ2v) is 29.1. The number of quaternary nitrogens is 1. The molecule has 2 unspecified atom stereocenters. The van der Waals surface area contributed by atoms with E-state index < -0.39 is 26.5 Å². The lowest BCUT2D eigenvalue weighted by atomic mass is 10.0. The van der Waals surface area contributed by atoms with E-state index in [4.69, 9.17) is 18.5 Å². The van der Waals surface area contributed by atoms with Crippen molar-refractivity contribution in [2.24, 2.45) is 0 Å². The van der Waals surface area contributed by atoms with E-state index in [1.54, 1.807) is 0 Å². The van der Waals surface area contributed by atoms with E-state index >= 15 is 0 Å². The first-order chi connectivity index (χ1) is 45.0. The Morgan fingerprint density at radius 1 is 0.348 bits per heavy atom. The lowest BCUT2D eigenvalue weighted by Gasteiger charge is -2.28. The van der Waals surface area contributed by atoms with Crippen LogP contribution < -0.4 is 4.89 Å². The maximum Gasteiger partial charge on any atom is 0.306 e. The zero-order valence-corrected chi connectivity index (χ0v) is 62.1. The van der Waals surface area contributed by atoms with Crippen molar-refractivity contribution in [3.8, 4) is 0 Å². The summed E-state index contributed by atoms with van der Waals surface area (Å²) in [6.07, 6.45) is 99.8. The quantitative estimate of drug-likeness (QED) is 0.0195. The van der Waals surface area contributed by atoms with Crippen LogP contribution in [0.5, 0.6) is 0 Å². The van der Waals surface area contributed by atoms with Crippen LogP contribution in [0.4, 0.5) is 0 Å². The number of phosphoric ester groups is 1. The fourth-order valence-corrected chi connectivity index (χ4v) is 12.2. The third-order valence-electron chi connectivity index (χ3n) is 17.4. The molecule has 0 saturated heterocycles. The molecule has 0 aromatic carbocycles. The number of likely N-dealkylation sites (N-methyl/N-ethyl adjacent to an activating group) is 1. The molecule has 0 aliphatic heterocycles. The van der Waals surface area contributed by atoms with Crippen LogP contribution >= 0.6 is 7.82 Å². The van der Waals surface area contributed by atoms with Gasteiger partial charge in [0.1, 0.15) is 19.8 Å². The molecule has 92 heavy (non-hydrogen) atoms. The zero-order valence-electron chi connectivity index (χ0n) is 61.2. The molecule has 10 heteroatoms. The molecule has 0 aromatic heterocycles. The Morgan fingerprint density at radius 3 is 0.935 bits per heavy atom. The largest absolute Gasteiger partial charge is 0.756 e. The fraction of sp³-hybridized carbons (Fsp3) is 0.805. The van der Waals surface area contributed by atoms with Gasteiger partial charge in [0, 0.05) is 12.8 Å². The van der Waals surface area contributed by atoms with Crippen LogP contribution in [0.15, 0.2) is 85.1 Å². The fourth-order valence-electron chi connectivity index (χ4n) is 11.4. The normalized spacial score (nSPS) is 13.5. The molecular formula is C82H150NO8P. The highest BCUT2D eigenvalue weighted by molar-refractivity contribution is 7.45. The second-order valence-electron chi connectivity index (χ2n) is 27.7. The van der Waals surface area contributed by atoms with Gasteiger partial charge in [-0.05, 0) is 89.9 Å². The topological polar surface area (TPSA) is 111 Å². The van der Waals surface area contributed by atoms with Crippen LogP contribution in [0.3, 0.4) is 0 Å². The van der Waals surface area contributed by atoms with Crippen LogP contribution in [0.1, 0.15) is 373 Å². The van der Waals surface area contributed by atoms with E-state index in [1.165, 1.54) is 263 Å². The number of esters is 2. The summed E-state index contributed by atoms with van der Waals surface area (Å²) in [6, 6.07) is 0. The molecule has 0 saturated carbocycles. The van der Waals surface area contributed by atoms with Gasteiger partial charge in [-0.15, -0.1) is 0 Å². The molecule has 0 aliphatic rings. The average molecular weight is 1310 g/mol. The summed E-state index contributed by atoms with van der Waals surface area (Å²) >= 11 is 0. The number of rotatable bonds is 73. The maximum atomic E-state index is 12.9. The molecular weight excluding hydrogens is 1160 g/mol. The lowest BCUT2D eigenvalue weighted by molar-refractivity contribution is -0.870. The maximum absolute atomic E-state index is 12.9. The van der Waals surface area contributed by atoms with Crippen LogP contribution in [0, 0.1) is 0 Å². The molecule has 9 nitrogen and oxygen atoms in total. The molecule has 536 valence electrons. The number of unbranched alkanes of at least 4 members (excludes halogenated alkanes) is 45. The van der Waals surface area contributed by atoms with E-state index in [1.807, 2.05) is 21.1 Å². The molecule has 2 atom stereocenters. The van der Waals surface area contributed by atoms with Gasteiger partial charge < -0.3 is 27.9 Å². The molecule has 0 fully saturated rings. The summed E-state index contributed by atoms with van der Waals surface area (Å²) < 4.78 is 34.4.